The molecule has 1 aromatic carbocycles. The topological polar surface area (TPSA) is 59.2 Å². The highest BCUT2D eigenvalue weighted by atomic mass is 19.1. The average molecular weight is 379 g/mol. The first-order valence-corrected chi connectivity index (χ1v) is 9.43. The van der Waals surface area contributed by atoms with Gasteiger partial charge < -0.3 is 9.32 Å². The predicted octanol–water partition coefficient (Wildman–Crippen LogP) is 3.99. The monoisotopic (exact) mass is 379 g/mol. The summed E-state index contributed by atoms with van der Waals surface area (Å²) in [5.74, 6) is 0.939. The third kappa shape index (κ3) is 3.67. The normalized spacial score (nSPS) is 19.6. The summed E-state index contributed by atoms with van der Waals surface area (Å²) in [5, 5.41) is 0. The van der Waals surface area contributed by atoms with Gasteiger partial charge in [0, 0.05) is 31.9 Å². The Morgan fingerprint density at radius 2 is 2.11 bits per heavy atom. The van der Waals surface area contributed by atoms with Crippen molar-refractivity contribution in [2.45, 2.75) is 31.6 Å². The standard InChI is InChI=1S/C22H22FN3O2/c1-22(9-5-11-26(15-22)20(27)17-7-4-10-24-13-17)21-25-14-18(28-21)12-16-6-2-3-8-19(16)23/h2-4,6-8,10,13-14H,5,9,11-12,15H2,1H3. The molecule has 0 bridgehead atoms. The molecule has 1 aliphatic heterocycles. The van der Waals surface area contributed by atoms with Gasteiger partial charge in [-0.3, -0.25) is 9.78 Å². The maximum atomic E-state index is 13.9. The summed E-state index contributed by atoms with van der Waals surface area (Å²) < 4.78 is 19.9. The van der Waals surface area contributed by atoms with Gasteiger partial charge in [0.25, 0.3) is 5.91 Å². The van der Waals surface area contributed by atoms with Crippen LogP contribution in [0.15, 0.2) is 59.4 Å². The van der Waals surface area contributed by atoms with Gasteiger partial charge in [-0.25, -0.2) is 9.37 Å². The Kier molecular flexibility index (Phi) is 4.94. The number of pyridine rings is 1. The lowest BCUT2D eigenvalue weighted by atomic mass is 9.81. The molecule has 3 aromatic rings. The predicted molar refractivity (Wildman–Crippen MR) is 102 cm³/mol. The molecule has 0 aliphatic carbocycles. The first-order valence-electron chi connectivity index (χ1n) is 9.43. The number of hydrogen-bond acceptors (Lipinski definition) is 4. The summed E-state index contributed by atoms with van der Waals surface area (Å²) in [4.78, 5) is 23.1. The van der Waals surface area contributed by atoms with Gasteiger partial charge in [-0.1, -0.05) is 18.2 Å². The molecule has 1 aliphatic rings. The molecule has 1 fully saturated rings. The zero-order valence-electron chi connectivity index (χ0n) is 15.8. The molecule has 144 valence electrons. The number of likely N-dealkylation sites (tertiary alicyclic amines) is 1. The Morgan fingerprint density at radius 3 is 2.89 bits per heavy atom. The second kappa shape index (κ2) is 7.54. The number of halogens is 1. The van der Waals surface area contributed by atoms with Crippen molar-refractivity contribution in [3.63, 3.8) is 0 Å². The smallest absolute Gasteiger partial charge is 0.255 e. The van der Waals surface area contributed by atoms with E-state index in [9.17, 15) is 9.18 Å². The van der Waals surface area contributed by atoms with E-state index in [1.807, 2.05) is 4.90 Å². The molecular weight excluding hydrogens is 357 g/mol. The largest absolute Gasteiger partial charge is 0.445 e. The fourth-order valence-electron chi connectivity index (χ4n) is 3.76. The molecule has 6 heteroatoms. The lowest BCUT2D eigenvalue weighted by molar-refractivity contribution is 0.0625. The Hall–Kier alpha value is -3.02. The van der Waals surface area contributed by atoms with Crippen LogP contribution in [-0.4, -0.2) is 33.9 Å². The summed E-state index contributed by atoms with van der Waals surface area (Å²) in [5.41, 5.74) is 0.788. The molecule has 28 heavy (non-hydrogen) atoms. The maximum Gasteiger partial charge on any atom is 0.255 e. The lowest BCUT2D eigenvalue weighted by Crippen LogP contribution is -2.47. The molecule has 1 unspecified atom stereocenters. The molecule has 5 nitrogen and oxygen atoms in total. The van der Waals surface area contributed by atoms with Crippen molar-refractivity contribution in [1.82, 2.24) is 14.9 Å². The van der Waals surface area contributed by atoms with Crippen LogP contribution in [0.1, 0.15) is 47.3 Å². The molecule has 3 heterocycles. The number of aromatic nitrogens is 2. The molecule has 0 spiro atoms. The van der Waals surface area contributed by atoms with Crippen LogP contribution in [0.5, 0.6) is 0 Å². The number of carbonyl (C=O) groups is 1. The molecule has 1 saturated heterocycles. The highest BCUT2D eigenvalue weighted by Crippen LogP contribution is 2.34. The molecule has 4 rings (SSSR count). The minimum Gasteiger partial charge on any atom is -0.445 e. The number of benzene rings is 1. The van der Waals surface area contributed by atoms with Gasteiger partial charge in [0.2, 0.25) is 5.89 Å². The van der Waals surface area contributed by atoms with Crippen LogP contribution in [0.4, 0.5) is 4.39 Å². The lowest BCUT2D eigenvalue weighted by Gasteiger charge is -2.38. The van der Waals surface area contributed by atoms with Crippen LogP contribution >= 0.6 is 0 Å². The zero-order chi connectivity index (χ0) is 19.6. The van der Waals surface area contributed by atoms with E-state index in [0.29, 0.717) is 42.3 Å². The van der Waals surface area contributed by atoms with Gasteiger partial charge in [0.15, 0.2) is 0 Å². The van der Waals surface area contributed by atoms with Crippen LogP contribution in [0.3, 0.4) is 0 Å². The van der Waals surface area contributed by atoms with E-state index in [2.05, 4.69) is 16.9 Å². The third-order valence-electron chi connectivity index (χ3n) is 5.28. The molecule has 0 radical (unpaired) electrons. The minimum atomic E-state index is -0.371. The fraction of sp³-hybridized carbons (Fsp3) is 0.318. The Morgan fingerprint density at radius 1 is 1.25 bits per heavy atom. The summed E-state index contributed by atoms with van der Waals surface area (Å²) >= 11 is 0. The van der Waals surface area contributed by atoms with E-state index in [1.54, 1.807) is 48.9 Å². The van der Waals surface area contributed by atoms with E-state index < -0.39 is 0 Å². The number of oxazole rings is 1. The minimum absolute atomic E-state index is 0.0304. The van der Waals surface area contributed by atoms with Gasteiger partial charge in [-0.05, 0) is 43.5 Å². The van der Waals surface area contributed by atoms with Crippen molar-refractivity contribution in [2.75, 3.05) is 13.1 Å². The first kappa shape index (κ1) is 18.3. The summed E-state index contributed by atoms with van der Waals surface area (Å²) in [7, 11) is 0. The molecule has 0 N–H and O–H groups in total. The summed E-state index contributed by atoms with van der Waals surface area (Å²) in [6.07, 6.45) is 7.01. The van der Waals surface area contributed by atoms with Crippen molar-refractivity contribution in [2.24, 2.45) is 0 Å². The molecular formula is C22H22FN3O2. The van der Waals surface area contributed by atoms with Gasteiger partial charge in [0.05, 0.1) is 17.2 Å². The number of piperidine rings is 1. The number of hydrogen-bond donors (Lipinski definition) is 0. The Balaban J connectivity index is 1.51. The highest BCUT2D eigenvalue weighted by molar-refractivity contribution is 5.94. The van der Waals surface area contributed by atoms with Crippen molar-refractivity contribution in [3.05, 3.63) is 83.6 Å². The van der Waals surface area contributed by atoms with Gasteiger partial charge in [-0.2, -0.15) is 0 Å². The summed E-state index contributed by atoms with van der Waals surface area (Å²) in [6.45, 7) is 3.29. The van der Waals surface area contributed by atoms with E-state index in [1.165, 1.54) is 6.07 Å². The van der Waals surface area contributed by atoms with Crippen LogP contribution < -0.4 is 0 Å². The number of rotatable bonds is 4. The van der Waals surface area contributed by atoms with E-state index in [0.717, 1.165) is 12.8 Å². The number of amides is 1. The van der Waals surface area contributed by atoms with Crippen molar-refractivity contribution in [1.29, 1.82) is 0 Å². The van der Waals surface area contributed by atoms with E-state index in [-0.39, 0.29) is 17.1 Å². The second-order valence-corrected chi connectivity index (χ2v) is 7.53. The maximum absolute atomic E-state index is 13.9. The van der Waals surface area contributed by atoms with E-state index >= 15 is 0 Å². The van der Waals surface area contributed by atoms with Crippen LogP contribution in [-0.2, 0) is 11.8 Å². The van der Waals surface area contributed by atoms with Crippen LogP contribution in [0, 0.1) is 5.82 Å². The fourth-order valence-corrected chi connectivity index (χ4v) is 3.76. The highest BCUT2D eigenvalue weighted by Gasteiger charge is 2.38. The van der Waals surface area contributed by atoms with Gasteiger partial charge in [0.1, 0.15) is 11.6 Å². The van der Waals surface area contributed by atoms with Gasteiger partial charge >= 0.3 is 0 Å². The van der Waals surface area contributed by atoms with Crippen molar-refractivity contribution in [3.8, 4) is 0 Å². The van der Waals surface area contributed by atoms with Crippen molar-refractivity contribution < 1.29 is 13.6 Å². The molecule has 0 saturated carbocycles. The van der Waals surface area contributed by atoms with Crippen LogP contribution in [0.25, 0.3) is 0 Å². The molecule has 1 atom stereocenters. The second-order valence-electron chi connectivity index (χ2n) is 7.53. The first-order chi connectivity index (χ1) is 13.5. The quantitative estimate of drug-likeness (QED) is 0.688. The Bertz CT molecular complexity index is 973. The average Bonchev–Trinajstić information content (AvgIpc) is 3.19. The SMILES string of the molecule is CC1(c2ncc(Cc3ccccc3F)o2)CCCN(C(=O)c2cccnc2)C1. The number of nitrogens with zero attached hydrogens (tertiary/aromatic N) is 3. The summed E-state index contributed by atoms with van der Waals surface area (Å²) in [6, 6.07) is 10.2. The third-order valence-corrected chi connectivity index (χ3v) is 5.28. The van der Waals surface area contributed by atoms with Gasteiger partial charge in [-0.15, -0.1) is 0 Å². The number of carbonyl (C=O) groups excluding carboxylic acids is 1. The zero-order valence-corrected chi connectivity index (χ0v) is 15.8. The molecule has 1 amide bonds. The van der Waals surface area contributed by atoms with Crippen molar-refractivity contribution >= 4 is 5.91 Å². The molecule has 2 aromatic heterocycles. The van der Waals surface area contributed by atoms with E-state index in [4.69, 9.17) is 4.42 Å². The van der Waals surface area contributed by atoms with Crippen LogP contribution in [0.2, 0.25) is 0 Å². The Labute approximate surface area is 163 Å².